The predicted molar refractivity (Wildman–Crippen MR) is 117 cm³/mol. The first-order chi connectivity index (χ1) is 14.5. The highest BCUT2D eigenvalue weighted by molar-refractivity contribution is 6.05. The van der Waals surface area contributed by atoms with Crippen molar-refractivity contribution >= 4 is 27.6 Å². The minimum atomic E-state index is -0.585. The Bertz CT molecular complexity index is 1250. The molecule has 1 amide bonds. The molecule has 5 nitrogen and oxygen atoms in total. The maximum absolute atomic E-state index is 12.9. The van der Waals surface area contributed by atoms with E-state index in [1.165, 1.54) is 6.42 Å². The van der Waals surface area contributed by atoms with Gasteiger partial charge < -0.3 is 9.88 Å². The van der Waals surface area contributed by atoms with Crippen molar-refractivity contribution in [2.24, 2.45) is 24.8 Å². The summed E-state index contributed by atoms with van der Waals surface area (Å²) in [5.41, 5.74) is 1.73. The SMILES string of the molecule is Cn1c(=O)c2cc(CC(C#N)NC(=O)[C@H]3C[C@@H]4CC[C@H]3C4)ccc2c2ccccc21. The van der Waals surface area contributed by atoms with Crippen LogP contribution in [0.2, 0.25) is 0 Å². The Labute approximate surface area is 175 Å². The molecule has 0 radical (unpaired) electrons. The first kappa shape index (κ1) is 18.9. The van der Waals surface area contributed by atoms with Crippen LogP contribution < -0.4 is 10.9 Å². The first-order valence-corrected chi connectivity index (χ1v) is 10.8. The second-order valence-corrected chi connectivity index (χ2v) is 8.94. The molecule has 2 fully saturated rings. The number of rotatable bonds is 4. The number of para-hydroxylation sites is 1. The smallest absolute Gasteiger partial charge is 0.258 e. The number of benzene rings is 2. The van der Waals surface area contributed by atoms with Gasteiger partial charge in [0.2, 0.25) is 5.91 Å². The normalized spacial score (nSPS) is 23.5. The number of nitrogens with one attached hydrogen (secondary N) is 1. The van der Waals surface area contributed by atoms with Gasteiger partial charge in [0.15, 0.2) is 0 Å². The molecule has 3 aromatic rings. The summed E-state index contributed by atoms with van der Waals surface area (Å²) in [6.45, 7) is 0. The zero-order valence-corrected chi connectivity index (χ0v) is 17.1. The molecule has 152 valence electrons. The van der Waals surface area contributed by atoms with E-state index in [2.05, 4.69) is 11.4 Å². The van der Waals surface area contributed by atoms with Crippen LogP contribution in [-0.2, 0) is 18.3 Å². The van der Waals surface area contributed by atoms with Gasteiger partial charge in [0.05, 0.1) is 11.6 Å². The highest BCUT2D eigenvalue weighted by Gasteiger charge is 2.43. The molecule has 2 aromatic carbocycles. The van der Waals surface area contributed by atoms with Gasteiger partial charge in [0.25, 0.3) is 5.56 Å². The van der Waals surface area contributed by atoms with Crippen molar-refractivity contribution in [3.8, 4) is 6.07 Å². The fourth-order valence-electron chi connectivity index (χ4n) is 5.62. The van der Waals surface area contributed by atoms with Gasteiger partial charge >= 0.3 is 0 Å². The fraction of sp³-hybridized carbons (Fsp3) is 0.400. The lowest BCUT2D eigenvalue weighted by molar-refractivity contribution is -0.126. The number of hydrogen-bond donors (Lipinski definition) is 1. The summed E-state index contributed by atoms with van der Waals surface area (Å²) in [4.78, 5) is 25.6. The van der Waals surface area contributed by atoms with Crippen LogP contribution in [0.25, 0.3) is 21.7 Å². The average molecular weight is 399 g/mol. The number of aromatic nitrogens is 1. The molecule has 0 spiro atoms. The Hall–Kier alpha value is -3.13. The van der Waals surface area contributed by atoms with Crippen LogP contribution in [0.4, 0.5) is 0 Å². The number of nitrogens with zero attached hydrogens (tertiary/aromatic N) is 2. The third kappa shape index (κ3) is 3.08. The van der Waals surface area contributed by atoms with E-state index in [1.807, 2.05) is 42.5 Å². The van der Waals surface area contributed by atoms with E-state index in [4.69, 9.17) is 0 Å². The van der Waals surface area contributed by atoms with Crippen molar-refractivity contribution in [2.75, 3.05) is 0 Å². The highest BCUT2D eigenvalue weighted by atomic mass is 16.2. The second kappa shape index (κ2) is 7.28. The van der Waals surface area contributed by atoms with Gasteiger partial charge in [-0.05, 0) is 54.2 Å². The summed E-state index contributed by atoms with van der Waals surface area (Å²) in [5, 5.41) is 15.2. The molecule has 2 aliphatic rings. The van der Waals surface area contributed by atoms with E-state index >= 15 is 0 Å². The molecular weight excluding hydrogens is 374 g/mol. The van der Waals surface area contributed by atoms with Gasteiger partial charge in [-0.25, -0.2) is 0 Å². The molecule has 1 heterocycles. The summed E-state index contributed by atoms with van der Waals surface area (Å²) >= 11 is 0. The summed E-state index contributed by atoms with van der Waals surface area (Å²) in [5.74, 6) is 1.27. The van der Waals surface area contributed by atoms with E-state index in [1.54, 1.807) is 11.6 Å². The van der Waals surface area contributed by atoms with Crippen LogP contribution >= 0.6 is 0 Å². The van der Waals surface area contributed by atoms with E-state index in [0.717, 1.165) is 41.1 Å². The van der Waals surface area contributed by atoms with Crippen molar-refractivity contribution in [1.29, 1.82) is 5.26 Å². The van der Waals surface area contributed by atoms with E-state index < -0.39 is 6.04 Å². The largest absolute Gasteiger partial charge is 0.340 e. The third-order valence-electron chi connectivity index (χ3n) is 7.16. The van der Waals surface area contributed by atoms with Gasteiger partial charge in [-0.1, -0.05) is 36.8 Å². The summed E-state index contributed by atoms with van der Waals surface area (Å²) in [7, 11) is 1.78. The molecule has 0 aliphatic heterocycles. The van der Waals surface area contributed by atoms with Crippen molar-refractivity contribution in [3.05, 3.63) is 58.4 Å². The molecule has 5 heteroatoms. The lowest BCUT2D eigenvalue weighted by Crippen LogP contribution is -2.41. The monoisotopic (exact) mass is 399 g/mol. The van der Waals surface area contributed by atoms with Gasteiger partial charge in [-0.3, -0.25) is 9.59 Å². The minimum Gasteiger partial charge on any atom is -0.340 e. The number of fused-ring (bicyclic) bond motifs is 5. The van der Waals surface area contributed by atoms with Crippen molar-refractivity contribution < 1.29 is 4.79 Å². The van der Waals surface area contributed by atoms with Crippen LogP contribution in [0.15, 0.2) is 47.3 Å². The van der Waals surface area contributed by atoms with E-state index in [9.17, 15) is 14.9 Å². The predicted octanol–water partition coefficient (Wildman–Crippen LogP) is 3.68. The van der Waals surface area contributed by atoms with Crippen LogP contribution in [0.5, 0.6) is 0 Å². The van der Waals surface area contributed by atoms with Crippen molar-refractivity contribution in [1.82, 2.24) is 9.88 Å². The molecule has 1 unspecified atom stereocenters. The summed E-state index contributed by atoms with van der Waals surface area (Å²) < 4.78 is 1.67. The van der Waals surface area contributed by atoms with Gasteiger partial charge in [0.1, 0.15) is 6.04 Å². The maximum Gasteiger partial charge on any atom is 0.258 e. The average Bonchev–Trinajstić information content (AvgIpc) is 3.41. The first-order valence-electron chi connectivity index (χ1n) is 10.8. The maximum atomic E-state index is 12.9. The van der Waals surface area contributed by atoms with E-state index in [-0.39, 0.29) is 17.4 Å². The van der Waals surface area contributed by atoms with Crippen LogP contribution in [-0.4, -0.2) is 16.5 Å². The molecule has 2 aliphatic carbocycles. The lowest BCUT2D eigenvalue weighted by atomic mass is 9.88. The number of carbonyl (C=O) groups is 1. The van der Waals surface area contributed by atoms with Crippen molar-refractivity contribution in [2.45, 2.75) is 38.1 Å². The summed E-state index contributed by atoms with van der Waals surface area (Å²) in [6, 6.07) is 15.3. The number of carbonyl (C=O) groups excluding carboxylic acids is 1. The zero-order chi connectivity index (χ0) is 20.8. The molecule has 30 heavy (non-hydrogen) atoms. The molecule has 2 saturated carbocycles. The van der Waals surface area contributed by atoms with E-state index in [0.29, 0.717) is 23.6 Å². The Morgan fingerprint density at radius 2 is 2.00 bits per heavy atom. The number of aryl methyl sites for hydroxylation is 1. The molecule has 0 saturated heterocycles. The Morgan fingerprint density at radius 3 is 2.73 bits per heavy atom. The quantitative estimate of drug-likeness (QED) is 0.680. The number of amides is 1. The van der Waals surface area contributed by atoms with Gasteiger partial charge in [0, 0.05) is 30.2 Å². The second-order valence-electron chi connectivity index (χ2n) is 8.94. The zero-order valence-electron chi connectivity index (χ0n) is 17.1. The van der Waals surface area contributed by atoms with Crippen LogP contribution in [0, 0.1) is 29.1 Å². The number of nitriles is 1. The molecular formula is C25H25N3O2. The highest BCUT2D eigenvalue weighted by Crippen LogP contribution is 2.48. The molecule has 2 bridgehead atoms. The van der Waals surface area contributed by atoms with Crippen LogP contribution in [0.3, 0.4) is 0 Å². The summed E-state index contributed by atoms with van der Waals surface area (Å²) in [6.07, 6.45) is 4.92. The third-order valence-corrected chi connectivity index (χ3v) is 7.16. The van der Waals surface area contributed by atoms with Gasteiger partial charge in [-0.15, -0.1) is 0 Å². The Kier molecular flexibility index (Phi) is 4.58. The minimum absolute atomic E-state index is 0.0245. The molecule has 1 aromatic heterocycles. The van der Waals surface area contributed by atoms with Gasteiger partial charge in [-0.2, -0.15) is 5.26 Å². The molecule has 4 atom stereocenters. The molecule has 5 rings (SSSR count). The topological polar surface area (TPSA) is 74.9 Å². The number of hydrogen-bond acceptors (Lipinski definition) is 3. The van der Waals surface area contributed by atoms with Crippen molar-refractivity contribution in [3.63, 3.8) is 0 Å². The van der Waals surface area contributed by atoms with Crippen LogP contribution in [0.1, 0.15) is 31.2 Å². The Morgan fingerprint density at radius 1 is 1.17 bits per heavy atom. The fourth-order valence-corrected chi connectivity index (χ4v) is 5.62. The Balaban J connectivity index is 1.41. The lowest BCUT2D eigenvalue weighted by Gasteiger charge is -2.22. The molecule has 1 N–H and O–H groups in total. The number of pyridine rings is 1. The standard InChI is InChI=1S/C25H25N3O2/c1-28-23-5-3-2-4-20(23)19-9-7-16(13-22(19)25(28)30)11-18(14-26)27-24(29)21-12-15-6-8-17(21)10-15/h2-5,7,9,13,15,17-18,21H,6,8,10-12H2,1H3,(H,27,29)/t15-,17+,18?,21+/m1/s1.